The summed E-state index contributed by atoms with van der Waals surface area (Å²) in [6.45, 7) is 5.35. The van der Waals surface area contributed by atoms with Gasteiger partial charge in [0.1, 0.15) is 0 Å². The molecule has 7 heteroatoms. The van der Waals surface area contributed by atoms with Gasteiger partial charge in [0.25, 0.3) is 0 Å². The van der Waals surface area contributed by atoms with Gasteiger partial charge >= 0.3 is 0 Å². The van der Waals surface area contributed by atoms with Crippen LogP contribution in [0.4, 0.5) is 0 Å². The van der Waals surface area contributed by atoms with Crippen molar-refractivity contribution >= 4 is 30.7 Å². The van der Waals surface area contributed by atoms with Crippen molar-refractivity contribution in [3.05, 3.63) is 53.9 Å². The molecule has 1 aromatic carbocycles. The Morgan fingerprint density at radius 3 is 2.38 bits per heavy atom. The maximum absolute atomic E-state index is 11.8. The van der Waals surface area contributed by atoms with Crippen molar-refractivity contribution < 1.29 is 4.79 Å². The summed E-state index contributed by atoms with van der Waals surface area (Å²) >= 11 is 0. The van der Waals surface area contributed by atoms with Crippen LogP contribution >= 0.6 is 24.8 Å². The molecule has 24 heavy (non-hydrogen) atoms. The average Bonchev–Trinajstić information content (AvgIpc) is 3.04. The number of carbonyl (C=O) groups is 1. The number of aromatic nitrogens is 2. The number of amides is 1. The Morgan fingerprint density at radius 1 is 1.21 bits per heavy atom. The first-order valence-corrected chi connectivity index (χ1v) is 7.66. The zero-order valence-corrected chi connectivity index (χ0v) is 15.6. The molecule has 1 unspecified atom stereocenters. The van der Waals surface area contributed by atoms with Gasteiger partial charge in [0.2, 0.25) is 5.91 Å². The van der Waals surface area contributed by atoms with Crippen LogP contribution in [0.2, 0.25) is 0 Å². The molecule has 2 aromatic rings. The summed E-state index contributed by atoms with van der Waals surface area (Å²) in [5.74, 6) is 0.497. The molecule has 0 aliphatic rings. The summed E-state index contributed by atoms with van der Waals surface area (Å²) in [5.41, 5.74) is 8.46. The molecule has 0 aliphatic carbocycles. The van der Waals surface area contributed by atoms with Crippen molar-refractivity contribution in [2.75, 3.05) is 6.54 Å². The van der Waals surface area contributed by atoms with E-state index in [0.29, 0.717) is 25.4 Å². The van der Waals surface area contributed by atoms with Gasteiger partial charge < -0.3 is 11.1 Å². The summed E-state index contributed by atoms with van der Waals surface area (Å²) in [4.78, 5) is 11.8. The molecule has 0 bridgehead atoms. The highest BCUT2D eigenvalue weighted by atomic mass is 35.5. The Labute approximate surface area is 155 Å². The molecule has 1 heterocycles. The van der Waals surface area contributed by atoms with Crippen LogP contribution in [-0.4, -0.2) is 22.2 Å². The Kier molecular flexibility index (Phi) is 10.4. The molecule has 0 radical (unpaired) electrons. The number of nitrogens with zero attached hydrogens (tertiary/aromatic N) is 2. The van der Waals surface area contributed by atoms with Crippen molar-refractivity contribution in [1.82, 2.24) is 15.1 Å². The molecule has 1 atom stereocenters. The molecule has 1 amide bonds. The van der Waals surface area contributed by atoms with Gasteiger partial charge in [-0.3, -0.25) is 9.48 Å². The minimum absolute atomic E-state index is 0. The largest absolute Gasteiger partial charge is 0.354 e. The third kappa shape index (κ3) is 6.91. The molecule has 0 spiro atoms. The first kappa shape index (κ1) is 22.4. The second-order valence-corrected chi connectivity index (χ2v) is 5.75. The summed E-state index contributed by atoms with van der Waals surface area (Å²) < 4.78 is 1.74. The van der Waals surface area contributed by atoms with E-state index in [9.17, 15) is 4.79 Å². The van der Waals surface area contributed by atoms with Crippen LogP contribution in [-0.2, 0) is 11.3 Å². The van der Waals surface area contributed by atoms with E-state index in [4.69, 9.17) is 5.73 Å². The lowest BCUT2D eigenvalue weighted by molar-refractivity contribution is -0.121. The van der Waals surface area contributed by atoms with Gasteiger partial charge in [-0.15, -0.1) is 24.8 Å². The van der Waals surface area contributed by atoms with Gasteiger partial charge in [-0.05, 0) is 23.1 Å². The van der Waals surface area contributed by atoms with Crippen molar-refractivity contribution in [2.24, 2.45) is 5.73 Å². The van der Waals surface area contributed by atoms with Crippen molar-refractivity contribution in [3.8, 4) is 0 Å². The zero-order valence-electron chi connectivity index (χ0n) is 14.0. The van der Waals surface area contributed by atoms with Gasteiger partial charge in [-0.1, -0.05) is 38.1 Å². The average molecular weight is 373 g/mol. The first-order chi connectivity index (χ1) is 10.6. The fraction of sp³-hybridized carbons (Fsp3) is 0.412. The lowest BCUT2D eigenvalue weighted by Crippen LogP contribution is -2.32. The van der Waals surface area contributed by atoms with E-state index >= 15 is 0 Å². The minimum atomic E-state index is -0.185. The van der Waals surface area contributed by atoms with Crippen molar-refractivity contribution in [3.63, 3.8) is 0 Å². The number of benzene rings is 1. The highest BCUT2D eigenvalue weighted by molar-refractivity contribution is 5.85. The van der Waals surface area contributed by atoms with Crippen LogP contribution in [0.3, 0.4) is 0 Å². The number of aryl methyl sites for hydroxylation is 1. The van der Waals surface area contributed by atoms with Gasteiger partial charge in [0, 0.05) is 37.9 Å². The molecule has 0 saturated carbocycles. The molecular weight excluding hydrogens is 347 g/mol. The van der Waals surface area contributed by atoms with Gasteiger partial charge in [0.05, 0.1) is 0 Å². The summed E-state index contributed by atoms with van der Waals surface area (Å²) in [6.07, 6.45) is 3.95. The normalized spacial score (nSPS) is 11.3. The fourth-order valence-electron chi connectivity index (χ4n) is 2.21. The minimum Gasteiger partial charge on any atom is -0.354 e. The number of rotatable bonds is 7. The maximum Gasteiger partial charge on any atom is 0.221 e. The molecule has 2 rings (SSSR count). The summed E-state index contributed by atoms with van der Waals surface area (Å²) in [6, 6.07) is 9.93. The SMILES string of the molecule is CC(C)c1ccc(C(N)CNC(=O)CCn2cccn2)cc1.Cl.Cl. The molecule has 3 N–H and O–H groups in total. The number of halogens is 2. The third-order valence-electron chi connectivity index (χ3n) is 3.68. The number of carbonyl (C=O) groups excluding carboxylic acids is 1. The van der Waals surface area contributed by atoms with Crippen LogP contribution in [0, 0.1) is 0 Å². The maximum atomic E-state index is 11.8. The highest BCUT2D eigenvalue weighted by Gasteiger charge is 2.09. The zero-order chi connectivity index (χ0) is 15.9. The molecule has 0 fully saturated rings. The van der Waals surface area contributed by atoms with Gasteiger partial charge in [-0.25, -0.2) is 0 Å². The van der Waals surface area contributed by atoms with E-state index in [1.807, 2.05) is 24.4 Å². The lowest BCUT2D eigenvalue weighted by atomic mass is 9.99. The molecule has 0 saturated heterocycles. The van der Waals surface area contributed by atoms with Gasteiger partial charge in [-0.2, -0.15) is 5.10 Å². The molecule has 0 aliphatic heterocycles. The van der Waals surface area contributed by atoms with Crippen LogP contribution in [0.5, 0.6) is 0 Å². The number of hydrogen-bond donors (Lipinski definition) is 2. The van der Waals surface area contributed by atoms with E-state index in [1.54, 1.807) is 10.9 Å². The predicted octanol–water partition coefficient (Wildman–Crippen LogP) is 3.06. The Morgan fingerprint density at radius 2 is 1.83 bits per heavy atom. The number of nitrogens with two attached hydrogens (primary N) is 1. The predicted molar refractivity (Wildman–Crippen MR) is 102 cm³/mol. The van der Waals surface area contributed by atoms with Crippen LogP contribution < -0.4 is 11.1 Å². The van der Waals surface area contributed by atoms with Crippen molar-refractivity contribution in [2.45, 2.75) is 38.8 Å². The van der Waals surface area contributed by atoms with E-state index in [-0.39, 0.29) is 36.8 Å². The second kappa shape index (κ2) is 11.1. The highest BCUT2D eigenvalue weighted by Crippen LogP contribution is 2.17. The lowest BCUT2D eigenvalue weighted by Gasteiger charge is -2.14. The Hall–Kier alpha value is -1.56. The van der Waals surface area contributed by atoms with Crippen molar-refractivity contribution in [1.29, 1.82) is 0 Å². The monoisotopic (exact) mass is 372 g/mol. The van der Waals surface area contributed by atoms with Crippen LogP contribution in [0.15, 0.2) is 42.7 Å². The number of hydrogen-bond acceptors (Lipinski definition) is 3. The van der Waals surface area contributed by atoms with Gasteiger partial charge in [0.15, 0.2) is 0 Å². The Bertz CT molecular complexity index is 585. The van der Waals surface area contributed by atoms with E-state index < -0.39 is 0 Å². The quantitative estimate of drug-likeness (QED) is 0.784. The molecule has 5 nitrogen and oxygen atoms in total. The third-order valence-corrected chi connectivity index (χ3v) is 3.68. The smallest absolute Gasteiger partial charge is 0.221 e. The first-order valence-electron chi connectivity index (χ1n) is 7.66. The topological polar surface area (TPSA) is 72.9 Å². The summed E-state index contributed by atoms with van der Waals surface area (Å²) in [5, 5.41) is 6.94. The number of nitrogens with one attached hydrogen (secondary N) is 1. The summed E-state index contributed by atoms with van der Waals surface area (Å²) in [7, 11) is 0. The Balaban J connectivity index is 0.00000264. The van der Waals surface area contributed by atoms with E-state index in [1.165, 1.54) is 5.56 Å². The molecule has 1 aromatic heterocycles. The van der Waals surface area contributed by atoms with E-state index in [0.717, 1.165) is 5.56 Å². The molecular formula is C17H26Cl2N4O. The van der Waals surface area contributed by atoms with Crippen LogP contribution in [0.1, 0.15) is 43.4 Å². The van der Waals surface area contributed by atoms with Crippen LogP contribution in [0.25, 0.3) is 0 Å². The standard InChI is InChI=1S/C17H24N4O.2ClH/c1-13(2)14-4-6-15(7-5-14)16(18)12-19-17(22)8-11-21-10-3-9-20-21;;/h3-7,9-10,13,16H,8,11-12,18H2,1-2H3,(H,19,22);2*1H. The molecule has 134 valence electrons. The fourth-order valence-corrected chi connectivity index (χ4v) is 2.21. The second-order valence-electron chi connectivity index (χ2n) is 5.75. The van der Waals surface area contributed by atoms with E-state index in [2.05, 4.69) is 36.4 Å².